The van der Waals surface area contributed by atoms with Crippen LogP contribution >= 0.6 is 0 Å². The molecule has 2 heteroatoms. The average molecular weight is 479 g/mol. The first-order valence-corrected chi connectivity index (χ1v) is 15.8. The van der Waals surface area contributed by atoms with E-state index in [1.54, 1.807) is 0 Å². The van der Waals surface area contributed by atoms with Crippen molar-refractivity contribution in [2.45, 2.75) is 193 Å². The average Bonchev–Trinajstić information content (AvgIpc) is 2.85. The Bertz CT molecular complexity index is 343. The number of carbonyl (C=O) groups excluding carboxylic acids is 2. The summed E-state index contributed by atoms with van der Waals surface area (Å²) in [7, 11) is 0. The Morgan fingerprint density at radius 1 is 0.206 bits per heavy atom. The zero-order valence-electron chi connectivity index (χ0n) is 23.2. The van der Waals surface area contributed by atoms with Crippen LogP contribution in [0.15, 0.2) is 0 Å². The molecule has 2 nitrogen and oxygen atoms in total. The fraction of sp³-hybridized carbons (Fsp3) is 0.938. The standard InChI is InChI=1S/C32H62O2/c33-31-29-27-25-23-21-19-17-15-13-11-9-7-5-3-1-2-4-6-8-10-12-14-16-18-20-22-24-26-28-30-32-34/h31-32H,1-30H2. The van der Waals surface area contributed by atoms with E-state index in [2.05, 4.69) is 0 Å². The van der Waals surface area contributed by atoms with Gasteiger partial charge in [0.2, 0.25) is 0 Å². The van der Waals surface area contributed by atoms with Gasteiger partial charge in [-0.05, 0) is 12.8 Å². The van der Waals surface area contributed by atoms with Crippen molar-refractivity contribution in [3.8, 4) is 0 Å². The van der Waals surface area contributed by atoms with Gasteiger partial charge < -0.3 is 9.59 Å². The highest BCUT2D eigenvalue weighted by molar-refractivity contribution is 5.49. The minimum absolute atomic E-state index is 0.758. The zero-order chi connectivity index (χ0) is 24.6. The van der Waals surface area contributed by atoms with Gasteiger partial charge in [-0.2, -0.15) is 0 Å². The summed E-state index contributed by atoms with van der Waals surface area (Å²) in [5.74, 6) is 0. The summed E-state index contributed by atoms with van der Waals surface area (Å²) in [5.41, 5.74) is 0. The molecule has 0 heterocycles. The molecule has 0 rings (SSSR count). The second-order valence-corrected chi connectivity index (χ2v) is 10.8. The first-order valence-electron chi connectivity index (χ1n) is 15.8. The van der Waals surface area contributed by atoms with E-state index in [1.165, 1.54) is 167 Å². The van der Waals surface area contributed by atoms with E-state index < -0.39 is 0 Å². The Hall–Kier alpha value is -0.660. The molecule has 0 aliphatic rings. The molecule has 0 N–H and O–H groups in total. The van der Waals surface area contributed by atoms with E-state index in [0.717, 1.165) is 38.3 Å². The molecule has 34 heavy (non-hydrogen) atoms. The fourth-order valence-corrected chi connectivity index (χ4v) is 5.05. The number of aldehydes is 2. The van der Waals surface area contributed by atoms with E-state index in [0.29, 0.717) is 0 Å². The van der Waals surface area contributed by atoms with E-state index in [9.17, 15) is 9.59 Å². The van der Waals surface area contributed by atoms with Crippen LogP contribution in [-0.4, -0.2) is 12.6 Å². The molecular formula is C32H62O2. The van der Waals surface area contributed by atoms with Gasteiger partial charge in [-0.15, -0.1) is 0 Å². The minimum Gasteiger partial charge on any atom is -0.303 e. The lowest BCUT2D eigenvalue weighted by Crippen LogP contribution is -1.85. The molecule has 0 fully saturated rings. The molecule has 0 spiro atoms. The summed E-state index contributed by atoms with van der Waals surface area (Å²) in [6.45, 7) is 0. The molecule has 0 saturated carbocycles. The Morgan fingerprint density at radius 2 is 0.324 bits per heavy atom. The lowest BCUT2D eigenvalue weighted by Gasteiger charge is -2.04. The van der Waals surface area contributed by atoms with Gasteiger partial charge in [0.05, 0.1) is 0 Å². The lowest BCUT2D eigenvalue weighted by atomic mass is 10.0. The molecule has 0 aliphatic carbocycles. The summed E-state index contributed by atoms with van der Waals surface area (Å²) in [4.78, 5) is 20.5. The second kappa shape index (κ2) is 32.3. The zero-order valence-corrected chi connectivity index (χ0v) is 23.2. The highest BCUT2D eigenvalue weighted by Gasteiger charge is 1.97. The van der Waals surface area contributed by atoms with Gasteiger partial charge in [-0.1, -0.05) is 167 Å². The predicted molar refractivity (Wildman–Crippen MR) is 151 cm³/mol. The van der Waals surface area contributed by atoms with E-state index in [4.69, 9.17) is 0 Å². The third-order valence-corrected chi connectivity index (χ3v) is 7.39. The van der Waals surface area contributed by atoms with Crippen LogP contribution < -0.4 is 0 Å². The minimum atomic E-state index is 0.758. The molecular weight excluding hydrogens is 416 g/mol. The maximum absolute atomic E-state index is 10.3. The first kappa shape index (κ1) is 33.3. The first-order chi connectivity index (χ1) is 16.9. The van der Waals surface area contributed by atoms with E-state index in [1.807, 2.05) is 0 Å². The van der Waals surface area contributed by atoms with Gasteiger partial charge in [-0.3, -0.25) is 0 Å². The summed E-state index contributed by atoms with van der Waals surface area (Å²) < 4.78 is 0. The molecule has 0 aliphatic heterocycles. The molecule has 0 aromatic rings. The Labute approximate surface area is 214 Å². The lowest BCUT2D eigenvalue weighted by molar-refractivity contribution is -0.108. The van der Waals surface area contributed by atoms with E-state index in [-0.39, 0.29) is 0 Å². The molecule has 0 saturated heterocycles. The predicted octanol–water partition coefficient (Wildman–Crippen LogP) is 11.1. The van der Waals surface area contributed by atoms with Crippen LogP contribution in [0.5, 0.6) is 0 Å². The smallest absolute Gasteiger partial charge is 0.119 e. The molecule has 0 bridgehead atoms. The number of hydrogen-bond donors (Lipinski definition) is 0. The molecule has 0 atom stereocenters. The van der Waals surface area contributed by atoms with Crippen LogP contribution in [0.1, 0.15) is 193 Å². The van der Waals surface area contributed by atoms with Crippen molar-refractivity contribution in [3.05, 3.63) is 0 Å². The van der Waals surface area contributed by atoms with Crippen molar-refractivity contribution >= 4 is 12.6 Å². The number of carbonyl (C=O) groups is 2. The van der Waals surface area contributed by atoms with Gasteiger partial charge in [-0.25, -0.2) is 0 Å². The van der Waals surface area contributed by atoms with E-state index >= 15 is 0 Å². The van der Waals surface area contributed by atoms with Gasteiger partial charge >= 0.3 is 0 Å². The van der Waals surface area contributed by atoms with Crippen molar-refractivity contribution < 1.29 is 9.59 Å². The second-order valence-electron chi connectivity index (χ2n) is 10.8. The molecule has 0 aromatic carbocycles. The number of rotatable bonds is 31. The topological polar surface area (TPSA) is 34.1 Å². The highest BCUT2D eigenvalue weighted by atomic mass is 16.1. The van der Waals surface area contributed by atoms with Gasteiger partial charge in [0.25, 0.3) is 0 Å². The Balaban J connectivity index is 3.00. The molecule has 0 unspecified atom stereocenters. The van der Waals surface area contributed by atoms with Crippen molar-refractivity contribution in [1.29, 1.82) is 0 Å². The van der Waals surface area contributed by atoms with Gasteiger partial charge in [0, 0.05) is 12.8 Å². The molecule has 0 amide bonds. The summed E-state index contributed by atoms with van der Waals surface area (Å²) in [5, 5.41) is 0. The van der Waals surface area contributed by atoms with Crippen LogP contribution in [0.4, 0.5) is 0 Å². The summed E-state index contributed by atoms with van der Waals surface area (Å²) in [6, 6.07) is 0. The molecule has 0 radical (unpaired) electrons. The largest absolute Gasteiger partial charge is 0.303 e. The highest BCUT2D eigenvalue weighted by Crippen LogP contribution is 2.16. The SMILES string of the molecule is O=CCCCCCCCCCCCCCCCCCCCCCCCCCCCCCCC=O. The van der Waals surface area contributed by atoms with Crippen molar-refractivity contribution in [3.63, 3.8) is 0 Å². The van der Waals surface area contributed by atoms with Crippen LogP contribution in [0, 0.1) is 0 Å². The molecule has 0 aromatic heterocycles. The Kier molecular flexibility index (Phi) is 31.7. The normalized spacial score (nSPS) is 11.2. The van der Waals surface area contributed by atoms with Crippen LogP contribution in [0.3, 0.4) is 0 Å². The molecule has 202 valence electrons. The van der Waals surface area contributed by atoms with Crippen LogP contribution in [0.2, 0.25) is 0 Å². The summed E-state index contributed by atoms with van der Waals surface area (Å²) >= 11 is 0. The van der Waals surface area contributed by atoms with Crippen LogP contribution in [0.25, 0.3) is 0 Å². The van der Waals surface area contributed by atoms with Gasteiger partial charge in [0.1, 0.15) is 12.6 Å². The van der Waals surface area contributed by atoms with Crippen molar-refractivity contribution in [1.82, 2.24) is 0 Å². The Morgan fingerprint density at radius 3 is 0.441 bits per heavy atom. The maximum atomic E-state index is 10.3. The monoisotopic (exact) mass is 478 g/mol. The van der Waals surface area contributed by atoms with Gasteiger partial charge in [0.15, 0.2) is 0 Å². The third kappa shape index (κ3) is 31.3. The van der Waals surface area contributed by atoms with Crippen molar-refractivity contribution in [2.75, 3.05) is 0 Å². The number of hydrogen-bond acceptors (Lipinski definition) is 2. The maximum Gasteiger partial charge on any atom is 0.119 e. The fourth-order valence-electron chi connectivity index (χ4n) is 5.05. The quantitative estimate of drug-likeness (QED) is 0.0733. The third-order valence-electron chi connectivity index (χ3n) is 7.39. The number of unbranched alkanes of at least 4 members (excludes halogenated alkanes) is 29. The van der Waals surface area contributed by atoms with Crippen LogP contribution in [-0.2, 0) is 9.59 Å². The summed E-state index contributed by atoms with van der Waals surface area (Å²) in [6.07, 6.45) is 42.5. The van der Waals surface area contributed by atoms with Crippen molar-refractivity contribution in [2.24, 2.45) is 0 Å².